The zero-order chi connectivity index (χ0) is 25.3. The van der Waals surface area contributed by atoms with Gasteiger partial charge < -0.3 is 24.8 Å². The van der Waals surface area contributed by atoms with E-state index in [1.165, 1.54) is 30.2 Å². The third-order valence-corrected chi connectivity index (χ3v) is 6.17. The smallest absolute Gasteiger partial charge is 0.387 e. The number of amides is 1. The number of hydrogen-bond acceptors (Lipinski definition) is 7. The fraction of sp³-hybridized carbons (Fsp3) is 0.400. The number of rotatable bonds is 10. The van der Waals surface area contributed by atoms with Gasteiger partial charge in [0.1, 0.15) is 6.17 Å². The Balaban J connectivity index is 1.76. The predicted molar refractivity (Wildman–Crippen MR) is 120 cm³/mol. The van der Waals surface area contributed by atoms with Crippen LogP contribution in [0.3, 0.4) is 0 Å². The molecule has 0 spiro atoms. The quantitative estimate of drug-likeness (QED) is 0.398. The predicted octanol–water partition coefficient (Wildman–Crippen LogP) is 4.00. The summed E-state index contributed by atoms with van der Waals surface area (Å²) in [6.45, 7) is -1.21. The van der Waals surface area contributed by atoms with Crippen molar-refractivity contribution < 1.29 is 37.4 Å². The third-order valence-electron chi connectivity index (χ3n) is 6.17. The van der Waals surface area contributed by atoms with Gasteiger partial charge in [-0.25, -0.2) is 0 Å². The molecule has 1 heterocycles. The van der Waals surface area contributed by atoms with Crippen LogP contribution in [0.4, 0.5) is 8.78 Å². The molecule has 35 heavy (non-hydrogen) atoms. The number of carbonyl (C=O) groups excluding carboxylic acids is 3. The zero-order valence-corrected chi connectivity index (χ0v) is 19.3. The number of carbonyl (C=O) groups is 3. The Morgan fingerprint density at radius 3 is 2.54 bits per heavy atom. The number of benzene rings is 2. The van der Waals surface area contributed by atoms with Gasteiger partial charge in [0.15, 0.2) is 17.3 Å². The van der Waals surface area contributed by atoms with Crippen LogP contribution in [0.25, 0.3) is 0 Å². The topological polar surface area (TPSA) is 108 Å². The van der Waals surface area contributed by atoms with E-state index in [4.69, 9.17) is 15.2 Å². The fourth-order valence-electron chi connectivity index (χ4n) is 4.38. The molecule has 1 aliphatic carbocycles. The first-order valence-electron chi connectivity index (χ1n) is 11.3. The number of nitrogens with two attached hydrogens (primary N) is 1. The molecule has 0 bridgehead atoms. The van der Waals surface area contributed by atoms with Gasteiger partial charge in [-0.1, -0.05) is 24.3 Å². The van der Waals surface area contributed by atoms with Crippen molar-refractivity contribution >= 4 is 17.7 Å². The monoisotopic (exact) mass is 488 g/mol. The molecule has 2 N–H and O–H groups in total. The lowest BCUT2D eigenvalue weighted by molar-refractivity contribution is -0.142. The van der Waals surface area contributed by atoms with Gasteiger partial charge in [0.25, 0.3) is 5.91 Å². The largest absolute Gasteiger partial charge is 0.490 e. The lowest BCUT2D eigenvalue weighted by atomic mass is 9.97. The Kier molecular flexibility index (Phi) is 7.02. The van der Waals surface area contributed by atoms with Crippen LogP contribution in [0.15, 0.2) is 36.4 Å². The minimum Gasteiger partial charge on any atom is -0.490 e. The fourth-order valence-corrected chi connectivity index (χ4v) is 4.38. The van der Waals surface area contributed by atoms with E-state index in [9.17, 15) is 23.2 Å². The van der Waals surface area contributed by atoms with Crippen LogP contribution in [-0.4, -0.2) is 42.9 Å². The molecule has 2 aromatic carbocycles. The van der Waals surface area contributed by atoms with Crippen LogP contribution in [0.1, 0.15) is 70.2 Å². The summed E-state index contributed by atoms with van der Waals surface area (Å²) in [5, 5.41) is 0. The number of hydrogen-bond donors (Lipinski definition) is 1. The van der Waals surface area contributed by atoms with Crippen LogP contribution in [0.5, 0.6) is 11.5 Å². The lowest BCUT2D eigenvalue weighted by Gasteiger charge is -2.31. The summed E-state index contributed by atoms with van der Waals surface area (Å²) in [6.07, 6.45) is 0.373. The highest BCUT2D eigenvalue weighted by Crippen LogP contribution is 2.43. The highest BCUT2D eigenvalue weighted by molar-refractivity contribution is 6.12. The molecule has 4 rings (SSSR count). The number of fused-ring (bicyclic) bond motifs is 1. The van der Waals surface area contributed by atoms with Gasteiger partial charge >= 0.3 is 12.6 Å². The van der Waals surface area contributed by atoms with Crippen molar-refractivity contribution in [3.8, 4) is 11.5 Å². The number of Topliss-reactive ketones (excluding diaryl/α,β-unsaturated/α-hetero) is 1. The van der Waals surface area contributed by atoms with Gasteiger partial charge in [-0.05, 0) is 37.5 Å². The summed E-state index contributed by atoms with van der Waals surface area (Å²) in [6, 6.07) is 8.26. The highest BCUT2D eigenvalue weighted by atomic mass is 19.3. The van der Waals surface area contributed by atoms with Crippen molar-refractivity contribution in [3.05, 3.63) is 58.7 Å². The van der Waals surface area contributed by atoms with Crippen molar-refractivity contribution in [1.82, 2.24) is 4.90 Å². The standard InChI is InChI=1S/C25H26F2N2O6/c1-3-34-19-11-14(9-10-18(19)35-25(26)27)17(12-20(30)33-2)29-23(28)16-6-4-5-15(21(16)24(29)32)22(31)13-7-8-13/h4-6,9-11,13,17,23,25H,3,7-8,12,28H2,1-2H3. The molecule has 2 unspecified atom stereocenters. The van der Waals surface area contributed by atoms with Gasteiger partial charge in [0.05, 0.1) is 31.7 Å². The molecule has 1 amide bonds. The molecule has 2 atom stereocenters. The minimum absolute atomic E-state index is 0.0301. The Morgan fingerprint density at radius 2 is 1.91 bits per heavy atom. The van der Waals surface area contributed by atoms with Crippen molar-refractivity contribution in [2.45, 2.75) is 45.0 Å². The summed E-state index contributed by atoms with van der Waals surface area (Å²) in [5.74, 6) is -1.44. The Morgan fingerprint density at radius 1 is 1.17 bits per heavy atom. The van der Waals surface area contributed by atoms with Crippen LogP contribution in [0.2, 0.25) is 0 Å². The summed E-state index contributed by atoms with van der Waals surface area (Å²) in [7, 11) is 1.22. The number of ketones is 1. The van der Waals surface area contributed by atoms with Crippen molar-refractivity contribution in [3.63, 3.8) is 0 Å². The molecular formula is C25H26F2N2O6. The van der Waals surface area contributed by atoms with E-state index in [2.05, 4.69) is 4.74 Å². The van der Waals surface area contributed by atoms with E-state index in [1.54, 1.807) is 25.1 Å². The minimum atomic E-state index is -3.06. The molecule has 1 aliphatic heterocycles. The SMILES string of the molecule is CCOc1cc(C(CC(=O)OC)N2C(=O)c3c(C(=O)C4CC4)cccc3C2N)ccc1OC(F)F. The van der Waals surface area contributed by atoms with Crippen LogP contribution >= 0.6 is 0 Å². The van der Waals surface area contributed by atoms with E-state index >= 15 is 0 Å². The van der Waals surface area contributed by atoms with Gasteiger partial charge in [0.2, 0.25) is 0 Å². The Labute approximate surface area is 200 Å². The van der Waals surface area contributed by atoms with Crippen molar-refractivity contribution in [2.24, 2.45) is 11.7 Å². The van der Waals surface area contributed by atoms with Crippen LogP contribution < -0.4 is 15.2 Å². The van der Waals surface area contributed by atoms with Gasteiger partial charge in [-0.3, -0.25) is 14.4 Å². The molecule has 0 aromatic heterocycles. The average molecular weight is 488 g/mol. The number of alkyl halides is 2. The lowest BCUT2D eigenvalue weighted by Crippen LogP contribution is -2.37. The third kappa shape index (κ3) is 4.84. The normalized spacial score (nSPS) is 17.8. The first-order valence-corrected chi connectivity index (χ1v) is 11.3. The van der Waals surface area contributed by atoms with Crippen LogP contribution in [-0.2, 0) is 9.53 Å². The van der Waals surface area contributed by atoms with Gasteiger partial charge in [0, 0.05) is 17.0 Å². The van der Waals surface area contributed by atoms with E-state index in [-0.39, 0.29) is 41.8 Å². The summed E-state index contributed by atoms with van der Waals surface area (Å²) in [5.41, 5.74) is 7.92. The molecular weight excluding hydrogens is 462 g/mol. The maximum absolute atomic E-state index is 13.7. The number of nitrogens with zero attached hydrogens (tertiary/aromatic N) is 1. The van der Waals surface area contributed by atoms with E-state index in [0.29, 0.717) is 16.7 Å². The van der Waals surface area contributed by atoms with E-state index in [1.807, 2.05) is 0 Å². The average Bonchev–Trinajstić information content (AvgIpc) is 3.65. The van der Waals surface area contributed by atoms with Crippen LogP contribution in [0, 0.1) is 5.92 Å². The molecule has 186 valence electrons. The molecule has 0 radical (unpaired) electrons. The first-order chi connectivity index (χ1) is 16.8. The molecule has 2 aliphatic rings. The molecule has 0 saturated heterocycles. The second kappa shape index (κ2) is 9.99. The summed E-state index contributed by atoms with van der Waals surface area (Å²) in [4.78, 5) is 40.2. The number of methoxy groups -OCH3 is 1. The van der Waals surface area contributed by atoms with Crippen molar-refractivity contribution in [2.75, 3.05) is 13.7 Å². The van der Waals surface area contributed by atoms with E-state index in [0.717, 1.165) is 12.8 Å². The highest BCUT2D eigenvalue weighted by Gasteiger charge is 2.44. The number of esters is 1. The molecule has 1 saturated carbocycles. The Hall–Kier alpha value is -3.53. The van der Waals surface area contributed by atoms with Gasteiger partial charge in [-0.15, -0.1) is 0 Å². The molecule has 8 nitrogen and oxygen atoms in total. The second-order valence-electron chi connectivity index (χ2n) is 8.38. The maximum atomic E-state index is 13.7. The molecule has 2 aromatic rings. The van der Waals surface area contributed by atoms with Crippen molar-refractivity contribution in [1.29, 1.82) is 0 Å². The molecule has 10 heteroatoms. The summed E-state index contributed by atoms with van der Waals surface area (Å²) >= 11 is 0. The first kappa shape index (κ1) is 24.6. The second-order valence-corrected chi connectivity index (χ2v) is 8.38. The number of halogens is 2. The van der Waals surface area contributed by atoms with Gasteiger partial charge in [-0.2, -0.15) is 8.78 Å². The summed E-state index contributed by atoms with van der Waals surface area (Å²) < 4.78 is 40.5. The Bertz CT molecular complexity index is 1150. The molecule has 1 fully saturated rings. The van der Waals surface area contributed by atoms with E-state index < -0.39 is 30.7 Å². The zero-order valence-electron chi connectivity index (χ0n) is 19.3. The number of ether oxygens (including phenoxy) is 3. The maximum Gasteiger partial charge on any atom is 0.387 e.